The summed E-state index contributed by atoms with van der Waals surface area (Å²) in [5.74, 6) is -1.70. The average Bonchev–Trinajstić information content (AvgIpc) is 2.76. The number of barbiturate groups is 1. The third kappa shape index (κ3) is 2.96. The van der Waals surface area contributed by atoms with Crippen LogP contribution in [0.25, 0.3) is 0 Å². The molecule has 1 aromatic rings. The summed E-state index contributed by atoms with van der Waals surface area (Å²) < 4.78 is 0.598. The number of imide groups is 2. The smallest absolute Gasteiger partial charge is 0.277 e. The maximum Gasteiger partial charge on any atom is 0.331 e. The van der Waals surface area contributed by atoms with Gasteiger partial charge in [0.25, 0.3) is 0 Å². The van der Waals surface area contributed by atoms with Crippen molar-refractivity contribution in [2.45, 2.75) is 26.3 Å². The Bertz CT molecular complexity index is 529. The van der Waals surface area contributed by atoms with Crippen molar-refractivity contribution in [2.75, 3.05) is 0 Å². The van der Waals surface area contributed by atoms with Gasteiger partial charge in [-0.1, -0.05) is 24.9 Å². The van der Waals surface area contributed by atoms with E-state index in [4.69, 9.17) is 11.6 Å². The quantitative estimate of drug-likeness (QED) is 0.868. The Balaban J connectivity index is 2.16. The predicted octanol–water partition coefficient (Wildman–Crippen LogP) is 2.40. The second-order valence-corrected chi connectivity index (χ2v) is 6.07. The molecule has 1 aliphatic rings. The number of hydrogen-bond donors (Lipinski definition) is 1. The van der Waals surface area contributed by atoms with Crippen LogP contribution in [-0.2, 0) is 16.1 Å². The average molecular weight is 301 g/mol. The van der Waals surface area contributed by atoms with Crippen molar-refractivity contribution in [3.8, 4) is 0 Å². The molecule has 2 rings (SSSR count). The first-order chi connectivity index (χ1) is 9.02. The molecule has 1 N–H and O–H groups in total. The van der Waals surface area contributed by atoms with Gasteiger partial charge in [0.2, 0.25) is 11.8 Å². The molecule has 5 nitrogen and oxygen atoms in total. The highest BCUT2D eigenvalue weighted by molar-refractivity contribution is 7.16. The first-order valence-corrected chi connectivity index (χ1v) is 7.12. The number of rotatable bonds is 4. The topological polar surface area (TPSA) is 66.5 Å². The number of amides is 4. The van der Waals surface area contributed by atoms with Crippen LogP contribution >= 0.6 is 22.9 Å². The van der Waals surface area contributed by atoms with Crippen LogP contribution in [0.1, 0.15) is 24.6 Å². The zero-order chi connectivity index (χ0) is 14.0. The lowest BCUT2D eigenvalue weighted by atomic mass is 9.99. The second kappa shape index (κ2) is 5.71. The van der Waals surface area contributed by atoms with Gasteiger partial charge in [0.1, 0.15) is 5.92 Å². The van der Waals surface area contributed by atoms with Gasteiger partial charge in [-0.2, -0.15) is 0 Å². The van der Waals surface area contributed by atoms with Gasteiger partial charge in [0.15, 0.2) is 0 Å². The minimum absolute atomic E-state index is 0.148. The Morgan fingerprint density at radius 3 is 2.68 bits per heavy atom. The normalized spacial score (nSPS) is 19.8. The Morgan fingerprint density at radius 1 is 1.37 bits per heavy atom. The maximum atomic E-state index is 12.2. The molecule has 7 heteroatoms. The number of urea groups is 1. The van der Waals surface area contributed by atoms with Crippen molar-refractivity contribution < 1.29 is 14.4 Å². The number of carbonyl (C=O) groups excluding carboxylic acids is 3. The second-order valence-electron chi connectivity index (χ2n) is 4.27. The number of nitrogens with one attached hydrogen (secondary N) is 1. The van der Waals surface area contributed by atoms with Crippen molar-refractivity contribution in [1.82, 2.24) is 10.2 Å². The molecule has 102 valence electrons. The summed E-state index contributed by atoms with van der Waals surface area (Å²) in [6.07, 6.45) is 1.15. The van der Waals surface area contributed by atoms with Gasteiger partial charge in [-0.15, -0.1) is 11.3 Å². The molecule has 1 aliphatic heterocycles. The molecule has 0 saturated carbocycles. The number of carbonyl (C=O) groups is 3. The minimum Gasteiger partial charge on any atom is -0.277 e. The van der Waals surface area contributed by atoms with E-state index in [0.717, 1.165) is 9.78 Å². The van der Waals surface area contributed by atoms with Crippen LogP contribution in [0.3, 0.4) is 0 Å². The molecule has 1 aromatic heterocycles. The number of nitrogens with zero attached hydrogens (tertiary/aromatic N) is 1. The predicted molar refractivity (Wildman–Crippen MR) is 71.8 cm³/mol. The molecule has 1 fully saturated rings. The summed E-state index contributed by atoms with van der Waals surface area (Å²) in [5.41, 5.74) is 0. The number of halogens is 1. The van der Waals surface area contributed by atoms with Crippen molar-refractivity contribution in [2.24, 2.45) is 5.92 Å². The van der Waals surface area contributed by atoms with Crippen LogP contribution in [0.2, 0.25) is 4.34 Å². The number of hydrogen-bond acceptors (Lipinski definition) is 4. The summed E-state index contributed by atoms with van der Waals surface area (Å²) in [5, 5.41) is 2.22. The molecule has 0 radical (unpaired) electrons. The highest BCUT2D eigenvalue weighted by atomic mass is 35.5. The minimum atomic E-state index is -0.766. The molecular formula is C12H13ClN2O3S. The Morgan fingerprint density at radius 2 is 2.11 bits per heavy atom. The van der Waals surface area contributed by atoms with Gasteiger partial charge in [0.05, 0.1) is 10.9 Å². The molecule has 0 spiro atoms. The lowest BCUT2D eigenvalue weighted by molar-refractivity contribution is -0.143. The molecule has 0 bridgehead atoms. The summed E-state index contributed by atoms with van der Waals surface area (Å²) in [7, 11) is 0. The van der Waals surface area contributed by atoms with Gasteiger partial charge >= 0.3 is 6.03 Å². The fraction of sp³-hybridized carbons (Fsp3) is 0.417. The van der Waals surface area contributed by atoms with E-state index in [1.807, 2.05) is 6.92 Å². The van der Waals surface area contributed by atoms with Crippen LogP contribution < -0.4 is 5.32 Å². The zero-order valence-electron chi connectivity index (χ0n) is 10.3. The monoisotopic (exact) mass is 300 g/mol. The summed E-state index contributed by atoms with van der Waals surface area (Å²) in [6.45, 7) is 2.04. The molecule has 19 heavy (non-hydrogen) atoms. The lowest BCUT2D eigenvalue weighted by Gasteiger charge is -2.29. The third-order valence-electron chi connectivity index (χ3n) is 2.88. The molecular weight excluding hydrogens is 288 g/mol. The SMILES string of the molecule is CCCC1C(=O)NC(=O)N(Cc2ccc(Cl)s2)C1=O. The van der Waals surface area contributed by atoms with Gasteiger partial charge < -0.3 is 0 Å². The maximum absolute atomic E-state index is 12.2. The zero-order valence-corrected chi connectivity index (χ0v) is 11.9. The van der Waals surface area contributed by atoms with Gasteiger partial charge in [-0.05, 0) is 18.6 Å². The fourth-order valence-electron chi connectivity index (χ4n) is 1.95. The molecule has 0 aliphatic carbocycles. The first-order valence-electron chi connectivity index (χ1n) is 5.93. The third-order valence-corrected chi connectivity index (χ3v) is 4.09. The van der Waals surface area contributed by atoms with E-state index in [2.05, 4.69) is 5.32 Å². The Labute approximate surface area is 119 Å². The summed E-state index contributed by atoms with van der Waals surface area (Å²) in [6, 6.07) is 2.81. The van der Waals surface area contributed by atoms with Gasteiger partial charge in [0, 0.05) is 4.88 Å². The van der Waals surface area contributed by atoms with E-state index >= 15 is 0 Å². The Hall–Kier alpha value is -1.40. The van der Waals surface area contributed by atoms with Crippen LogP contribution in [0, 0.1) is 5.92 Å². The van der Waals surface area contributed by atoms with E-state index < -0.39 is 23.8 Å². The number of thiophene rings is 1. The standard InChI is InChI=1S/C12H13ClN2O3S/c1-2-3-8-10(16)14-12(18)15(11(8)17)6-7-4-5-9(13)19-7/h4-5,8H,2-3,6H2,1H3,(H,14,16,18). The largest absolute Gasteiger partial charge is 0.331 e. The van der Waals surface area contributed by atoms with Crippen molar-refractivity contribution in [3.63, 3.8) is 0 Å². The molecule has 0 aromatic carbocycles. The van der Waals surface area contributed by atoms with Crippen LogP contribution in [0.5, 0.6) is 0 Å². The molecule has 4 amide bonds. The highest BCUT2D eigenvalue weighted by Gasteiger charge is 2.39. The summed E-state index contributed by atoms with van der Waals surface area (Å²) in [4.78, 5) is 37.4. The van der Waals surface area contributed by atoms with E-state index in [1.165, 1.54) is 11.3 Å². The lowest BCUT2D eigenvalue weighted by Crippen LogP contribution is -2.57. The molecule has 1 atom stereocenters. The Kier molecular flexibility index (Phi) is 4.21. The van der Waals surface area contributed by atoms with E-state index in [1.54, 1.807) is 12.1 Å². The van der Waals surface area contributed by atoms with E-state index in [9.17, 15) is 14.4 Å². The van der Waals surface area contributed by atoms with E-state index in [-0.39, 0.29) is 6.54 Å². The van der Waals surface area contributed by atoms with Gasteiger partial charge in [-0.3, -0.25) is 19.8 Å². The first kappa shape index (κ1) is 14.0. The van der Waals surface area contributed by atoms with E-state index in [0.29, 0.717) is 17.2 Å². The highest BCUT2D eigenvalue weighted by Crippen LogP contribution is 2.25. The van der Waals surface area contributed by atoms with Crippen molar-refractivity contribution in [3.05, 3.63) is 21.3 Å². The molecule has 1 saturated heterocycles. The van der Waals surface area contributed by atoms with Crippen LogP contribution in [0.15, 0.2) is 12.1 Å². The van der Waals surface area contributed by atoms with Gasteiger partial charge in [-0.25, -0.2) is 4.79 Å². The van der Waals surface area contributed by atoms with Crippen LogP contribution in [-0.4, -0.2) is 22.7 Å². The molecule has 2 heterocycles. The van der Waals surface area contributed by atoms with Crippen molar-refractivity contribution in [1.29, 1.82) is 0 Å². The summed E-state index contributed by atoms with van der Waals surface area (Å²) >= 11 is 7.12. The van der Waals surface area contributed by atoms with Crippen LogP contribution in [0.4, 0.5) is 4.79 Å². The fourth-order valence-corrected chi connectivity index (χ4v) is 3.02. The molecule has 1 unspecified atom stereocenters. The van der Waals surface area contributed by atoms with Crippen molar-refractivity contribution >= 4 is 40.8 Å².